The molecular formula is C21H21ClN2O2S. The molecule has 27 heavy (non-hydrogen) atoms. The lowest BCUT2D eigenvalue weighted by atomic mass is 10.1. The van der Waals surface area contributed by atoms with Crippen LogP contribution >= 0.6 is 23.4 Å². The molecule has 0 unspecified atom stereocenters. The lowest BCUT2D eigenvalue weighted by molar-refractivity contribution is 0.0965. The Morgan fingerprint density at radius 1 is 1.11 bits per heavy atom. The van der Waals surface area contributed by atoms with Crippen LogP contribution in [0.2, 0.25) is 5.02 Å². The Labute approximate surface area is 168 Å². The topological polar surface area (TPSA) is 38.5 Å². The molecule has 2 aromatic carbocycles. The van der Waals surface area contributed by atoms with Gasteiger partial charge in [-0.05, 0) is 51.3 Å². The number of halogens is 1. The predicted molar refractivity (Wildman–Crippen MR) is 109 cm³/mol. The molecular weight excluding hydrogens is 380 g/mol. The summed E-state index contributed by atoms with van der Waals surface area (Å²) < 4.78 is 11.9. The van der Waals surface area contributed by atoms with Gasteiger partial charge in [0.1, 0.15) is 12.3 Å². The van der Waals surface area contributed by atoms with E-state index in [-0.39, 0.29) is 0 Å². The molecule has 0 radical (unpaired) electrons. The SMILES string of the molecule is CN(C)CCCOCc1nc2c(o1)-c1cc(Cl)ccc1Sc1ccccc1-2. The highest BCUT2D eigenvalue weighted by Crippen LogP contribution is 2.48. The molecule has 2 heterocycles. The van der Waals surface area contributed by atoms with Crippen molar-refractivity contribution in [2.45, 2.75) is 22.8 Å². The van der Waals surface area contributed by atoms with E-state index in [0.29, 0.717) is 24.1 Å². The maximum atomic E-state index is 6.26. The monoisotopic (exact) mass is 400 g/mol. The second kappa shape index (κ2) is 8.07. The average Bonchev–Trinajstić information content (AvgIpc) is 3.02. The van der Waals surface area contributed by atoms with Crippen molar-refractivity contribution in [3.05, 3.63) is 53.4 Å². The van der Waals surface area contributed by atoms with E-state index in [1.807, 2.05) is 30.3 Å². The van der Waals surface area contributed by atoms with Crippen LogP contribution in [0.15, 0.2) is 56.7 Å². The Morgan fingerprint density at radius 2 is 1.93 bits per heavy atom. The van der Waals surface area contributed by atoms with Crippen molar-refractivity contribution in [2.24, 2.45) is 0 Å². The molecule has 0 saturated carbocycles. The Morgan fingerprint density at radius 3 is 2.78 bits per heavy atom. The minimum absolute atomic E-state index is 0.367. The maximum absolute atomic E-state index is 6.26. The molecule has 0 bridgehead atoms. The molecule has 0 fully saturated rings. The van der Waals surface area contributed by atoms with E-state index in [9.17, 15) is 0 Å². The Kier molecular flexibility index (Phi) is 5.55. The molecule has 0 atom stereocenters. The van der Waals surface area contributed by atoms with Gasteiger partial charge in [-0.15, -0.1) is 0 Å². The standard InChI is InChI=1S/C21H21ClN2O2S/c1-24(2)10-5-11-25-13-19-23-20-15-6-3-4-7-17(15)27-18-9-8-14(22)12-16(18)21(20)26-19/h3-4,6-9,12H,5,10-11,13H2,1-2H3. The zero-order valence-electron chi connectivity index (χ0n) is 15.4. The van der Waals surface area contributed by atoms with Crippen LogP contribution in [0.3, 0.4) is 0 Å². The number of hydrogen-bond acceptors (Lipinski definition) is 5. The molecule has 0 amide bonds. The third kappa shape index (κ3) is 4.06. The summed E-state index contributed by atoms with van der Waals surface area (Å²) in [6.07, 6.45) is 0.978. The molecule has 0 aliphatic carbocycles. The smallest absolute Gasteiger partial charge is 0.221 e. The molecule has 1 aromatic heterocycles. The number of rotatable bonds is 6. The van der Waals surface area contributed by atoms with Gasteiger partial charge in [0.25, 0.3) is 0 Å². The molecule has 0 saturated heterocycles. The summed E-state index contributed by atoms with van der Waals surface area (Å²) in [5, 5.41) is 0.684. The first-order chi connectivity index (χ1) is 13.1. The summed E-state index contributed by atoms with van der Waals surface area (Å²) in [4.78, 5) is 9.17. The summed E-state index contributed by atoms with van der Waals surface area (Å²) in [6.45, 7) is 2.05. The van der Waals surface area contributed by atoms with Crippen LogP contribution in [0, 0.1) is 0 Å². The summed E-state index contributed by atoms with van der Waals surface area (Å²) in [5.41, 5.74) is 2.91. The number of oxazole rings is 1. The van der Waals surface area contributed by atoms with Gasteiger partial charge in [0.05, 0.1) is 0 Å². The molecule has 4 nitrogen and oxygen atoms in total. The molecule has 4 rings (SSSR count). The van der Waals surface area contributed by atoms with Crippen molar-refractivity contribution in [3.63, 3.8) is 0 Å². The van der Waals surface area contributed by atoms with Crippen LogP contribution in [-0.2, 0) is 11.3 Å². The fraction of sp³-hybridized carbons (Fsp3) is 0.286. The first-order valence-electron chi connectivity index (χ1n) is 8.91. The van der Waals surface area contributed by atoms with E-state index in [2.05, 4.69) is 31.1 Å². The maximum Gasteiger partial charge on any atom is 0.221 e. The van der Waals surface area contributed by atoms with E-state index in [0.717, 1.165) is 45.3 Å². The minimum atomic E-state index is 0.367. The van der Waals surface area contributed by atoms with Gasteiger partial charge in [-0.2, -0.15) is 0 Å². The van der Waals surface area contributed by atoms with Crippen molar-refractivity contribution in [1.29, 1.82) is 0 Å². The Bertz CT molecular complexity index is 955. The number of nitrogens with zero attached hydrogens (tertiary/aromatic N) is 2. The lowest BCUT2D eigenvalue weighted by Gasteiger charge is -2.08. The Balaban J connectivity index is 1.65. The van der Waals surface area contributed by atoms with Gasteiger partial charge in [0.2, 0.25) is 5.89 Å². The molecule has 1 aliphatic heterocycles. The van der Waals surface area contributed by atoms with Crippen LogP contribution < -0.4 is 0 Å². The fourth-order valence-corrected chi connectivity index (χ4v) is 4.30. The largest absolute Gasteiger partial charge is 0.437 e. The molecule has 6 heteroatoms. The van der Waals surface area contributed by atoms with Crippen molar-refractivity contribution < 1.29 is 9.15 Å². The van der Waals surface area contributed by atoms with Gasteiger partial charge in [-0.1, -0.05) is 41.6 Å². The highest BCUT2D eigenvalue weighted by atomic mass is 35.5. The summed E-state index contributed by atoms with van der Waals surface area (Å²) in [5.74, 6) is 1.36. The quantitative estimate of drug-likeness (QED) is 0.394. The van der Waals surface area contributed by atoms with Crippen molar-refractivity contribution in [3.8, 4) is 22.6 Å². The molecule has 3 aromatic rings. The summed E-state index contributed by atoms with van der Waals surface area (Å²) in [6, 6.07) is 14.2. The van der Waals surface area contributed by atoms with Crippen molar-refractivity contribution in [2.75, 3.05) is 27.2 Å². The van der Waals surface area contributed by atoms with Crippen LogP contribution in [0.4, 0.5) is 0 Å². The van der Waals surface area contributed by atoms with Gasteiger partial charge in [0.15, 0.2) is 5.76 Å². The van der Waals surface area contributed by atoms with Crippen LogP contribution in [0.25, 0.3) is 22.6 Å². The molecule has 0 spiro atoms. The zero-order valence-corrected chi connectivity index (χ0v) is 16.9. The number of fused-ring (bicyclic) bond motifs is 5. The van der Waals surface area contributed by atoms with Gasteiger partial charge >= 0.3 is 0 Å². The van der Waals surface area contributed by atoms with E-state index in [1.165, 1.54) is 0 Å². The van der Waals surface area contributed by atoms with E-state index in [4.69, 9.17) is 25.7 Å². The molecule has 1 aliphatic rings. The van der Waals surface area contributed by atoms with Gasteiger partial charge in [-0.25, -0.2) is 4.98 Å². The lowest BCUT2D eigenvalue weighted by Crippen LogP contribution is -2.14. The second-order valence-electron chi connectivity index (χ2n) is 6.73. The third-order valence-electron chi connectivity index (χ3n) is 4.34. The normalized spacial score (nSPS) is 12.4. The number of benzene rings is 2. The number of ether oxygens (including phenoxy) is 1. The highest BCUT2D eigenvalue weighted by molar-refractivity contribution is 7.99. The summed E-state index contributed by atoms with van der Waals surface area (Å²) >= 11 is 7.97. The van der Waals surface area contributed by atoms with Gasteiger partial charge in [-0.3, -0.25) is 0 Å². The molecule has 0 N–H and O–H groups in total. The van der Waals surface area contributed by atoms with E-state index < -0.39 is 0 Å². The Hall–Kier alpha value is -1.79. The first-order valence-corrected chi connectivity index (χ1v) is 10.1. The van der Waals surface area contributed by atoms with Gasteiger partial charge in [0, 0.05) is 32.5 Å². The van der Waals surface area contributed by atoms with Crippen molar-refractivity contribution >= 4 is 23.4 Å². The highest BCUT2D eigenvalue weighted by Gasteiger charge is 2.25. The van der Waals surface area contributed by atoms with Crippen LogP contribution in [0.1, 0.15) is 12.3 Å². The fourth-order valence-electron chi connectivity index (χ4n) is 3.07. The zero-order chi connectivity index (χ0) is 18.8. The first kappa shape index (κ1) is 18.6. The summed E-state index contributed by atoms with van der Waals surface area (Å²) in [7, 11) is 4.12. The van der Waals surface area contributed by atoms with E-state index in [1.54, 1.807) is 11.8 Å². The predicted octanol–water partition coefficient (Wildman–Crippen LogP) is 5.59. The third-order valence-corrected chi connectivity index (χ3v) is 5.73. The number of hydrogen-bond donors (Lipinski definition) is 0. The second-order valence-corrected chi connectivity index (χ2v) is 8.25. The number of aromatic nitrogens is 1. The van der Waals surface area contributed by atoms with Crippen LogP contribution in [0.5, 0.6) is 0 Å². The van der Waals surface area contributed by atoms with Gasteiger partial charge < -0.3 is 14.1 Å². The van der Waals surface area contributed by atoms with Crippen LogP contribution in [-0.4, -0.2) is 37.1 Å². The minimum Gasteiger partial charge on any atom is -0.437 e. The van der Waals surface area contributed by atoms with Crippen molar-refractivity contribution in [1.82, 2.24) is 9.88 Å². The average molecular weight is 401 g/mol. The molecule has 140 valence electrons. The van der Waals surface area contributed by atoms with E-state index >= 15 is 0 Å².